The van der Waals surface area contributed by atoms with Crippen LogP contribution in [0.15, 0.2) is 24.4 Å². The number of piperidine rings is 1. The molecule has 2 bridgehead atoms. The number of aliphatic hydroxyl groups is 1. The topological polar surface area (TPSA) is 54.4 Å². The number of fused-ring (bicyclic) bond motifs is 2. The molecule has 92 valence electrons. The van der Waals surface area contributed by atoms with Gasteiger partial charge >= 0.3 is 0 Å². The molecule has 0 amide bonds. The Bertz CT molecular complexity index is 370. The van der Waals surface area contributed by atoms with Crippen molar-refractivity contribution < 1.29 is 9.84 Å². The van der Waals surface area contributed by atoms with Gasteiger partial charge in [-0.1, -0.05) is 6.07 Å². The summed E-state index contributed by atoms with van der Waals surface area (Å²) in [7, 11) is 0. The van der Waals surface area contributed by atoms with Crippen LogP contribution in [-0.4, -0.2) is 41.0 Å². The molecule has 2 unspecified atom stereocenters. The number of hydrogen-bond acceptors (Lipinski definition) is 4. The predicted octanol–water partition coefficient (Wildman–Crippen LogP) is 0.506. The predicted molar refractivity (Wildman–Crippen MR) is 63.7 cm³/mol. The van der Waals surface area contributed by atoms with E-state index in [4.69, 9.17) is 4.74 Å². The molecule has 2 saturated heterocycles. The number of nitrogens with zero attached hydrogens (tertiary/aromatic N) is 1. The fraction of sp³-hybridized carbons (Fsp3) is 0.615. The lowest BCUT2D eigenvalue weighted by molar-refractivity contribution is -0.0759. The summed E-state index contributed by atoms with van der Waals surface area (Å²) >= 11 is 0. The maximum atomic E-state index is 10.7. The van der Waals surface area contributed by atoms with E-state index in [-0.39, 0.29) is 12.1 Å². The van der Waals surface area contributed by atoms with Gasteiger partial charge in [0.15, 0.2) is 0 Å². The van der Waals surface area contributed by atoms with Crippen molar-refractivity contribution in [2.45, 2.75) is 36.9 Å². The maximum absolute atomic E-state index is 10.7. The first kappa shape index (κ1) is 11.1. The van der Waals surface area contributed by atoms with Gasteiger partial charge < -0.3 is 15.2 Å². The van der Waals surface area contributed by atoms with E-state index in [1.165, 1.54) is 0 Å². The van der Waals surface area contributed by atoms with Crippen LogP contribution in [0.25, 0.3) is 0 Å². The first-order valence-corrected chi connectivity index (χ1v) is 6.20. The molecule has 3 heterocycles. The van der Waals surface area contributed by atoms with Gasteiger partial charge in [-0.2, -0.15) is 0 Å². The Hall–Kier alpha value is -0.970. The molecule has 0 saturated carbocycles. The summed E-state index contributed by atoms with van der Waals surface area (Å²) in [6.45, 7) is 1.42. The largest absolute Gasteiger partial charge is 0.389 e. The minimum atomic E-state index is -0.626. The molecule has 0 spiro atoms. The zero-order valence-corrected chi connectivity index (χ0v) is 9.80. The summed E-state index contributed by atoms with van der Waals surface area (Å²) in [5.41, 5.74) is 0.342. The summed E-state index contributed by atoms with van der Waals surface area (Å²) < 4.78 is 5.49. The zero-order chi connectivity index (χ0) is 11.7. The SMILES string of the molecule is OC1(Cc2ccccn2)CC2COCC(C1)N2. The van der Waals surface area contributed by atoms with E-state index in [1.54, 1.807) is 6.20 Å². The van der Waals surface area contributed by atoms with Crippen molar-refractivity contribution in [3.63, 3.8) is 0 Å². The summed E-state index contributed by atoms with van der Waals surface area (Å²) in [5, 5.41) is 14.2. The van der Waals surface area contributed by atoms with Crippen LogP contribution in [0.5, 0.6) is 0 Å². The zero-order valence-electron chi connectivity index (χ0n) is 9.80. The van der Waals surface area contributed by atoms with Crippen molar-refractivity contribution in [1.82, 2.24) is 10.3 Å². The van der Waals surface area contributed by atoms with Gasteiger partial charge in [0.25, 0.3) is 0 Å². The van der Waals surface area contributed by atoms with Crippen LogP contribution in [0.2, 0.25) is 0 Å². The third-order valence-corrected chi connectivity index (χ3v) is 3.60. The lowest BCUT2D eigenvalue weighted by atomic mass is 9.80. The second-order valence-electron chi connectivity index (χ2n) is 5.23. The Labute approximate surface area is 101 Å². The van der Waals surface area contributed by atoms with E-state index in [0.29, 0.717) is 19.6 Å². The van der Waals surface area contributed by atoms with E-state index in [2.05, 4.69) is 10.3 Å². The molecule has 3 rings (SSSR count). The monoisotopic (exact) mass is 234 g/mol. The Morgan fingerprint density at radius 2 is 2.12 bits per heavy atom. The summed E-state index contributed by atoms with van der Waals surface area (Å²) in [4.78, 5) is 4.30. The fourth-order valence-corrected chi connectivity index (χ4v) is 3.00. The second kappa shape index (κ2) is 4.37. The van der Waals surface area contributed by atoms with E-state index >= 15 is 0 Å². The van der Waals surface area contributed by atoms with Gasteiger partial charge in [0.2, 0.25) is 0 Å². The van der Waals surface area contributed by atoms with Gasteiger partial charge in [-0.15, -0.1) is 0 Å². The van der Waals surface area contributed by atoms with Crippen molar-refractivity contribution in [3.05, 3.63) is 30.1 Å². The highest BCUT2D eigenvalue weighted by molar-refractivity contribution is 5.09. The van der Waals surface area contributed by atoms with Crippen molar-refractivity contribution in [3.8, 4) is 0 Å². The molecule has 2 fully saturated rings. The highest BCUT2D eigenvalue weighted by Crippen LogP contribution is 2.30. The van der Waals surface area contributed by atoms with E-state index in [9.17, 15) is 5.11 Å². The number of hydrogen-bond donors (Lipinski definition) is 2. The second-order valence-corrected chi connectivity index (χ2v) is 5.23. The molecule has 2 atom stereocenters. The van der Waals surface area contributed by atoms with E-state index < -0.39 is 5.60 Å². The average Bonchev–Trinajstić information content (AvgIpc) is 2.28. The van der Waals surface area contributed by atoms with Crippen molar-refractivity contribution in [2.75, 3.05) is 13.2 Å². The molecule has 2 N–H and O–H groups in total. The van der Waals surface area contributed by atoms with Crippen LogP contribution < -0.4 is 5.32 Å². The van der Waals surface area contributed by atoms with Crippen molar-refractivity contribution >= 4 is 0 Å². The van der Waals surface area contributed by atoms with Gasteiger partial charge in [-0.25, -0.2) is 0 Å². The minimum absolute atomic E-state index is 0.288. The lowest BCUT2D eigenvalue weighted by Gasteiger charge is -2.44. The maximum Gasteiger partial charge on any atom is 0.0734 e. The third kappa shape index (κ3) is 2.49. The Balaban J connectivity index is 1.73. The molecular formula is C13H18N2O2. The summed E-state index contributed by atoms with van der Waals surface area (Å²) in [6.07, 6.45) is 3.92. The molecule has 2 aliphatic heterocycles. The van der Waals surface area contributed by atoms with Gasteiger partial charge in [0.05, 0.1) is 18.8 Å². The molecule has 4 heteroatoms. The van der Waals surface area contributed by atoms with E-state index in [1.807, 2.05) is 18.2 Å². The van der Waals surface area contributed by atoms with Gasteiger partial charge in [-0.05, 0) is 25.0 Å². The van der Waals surface area contributed by atoms with Gasteiger partial charge in [-0.3, -0.25) is 4.98 Å². The third-order valence-electron chi connectivity index (χ3n) is 3.60. The Morgan fingerprint density at radius 3 is 2.76 bits per heavy atom. The molecule has 4 nitrogen and oxygen atoms in total. The smallest absolute Gasteiger partial charge is 0.0734 e. The molecule has 0 aromatic carbocycles. The molecule has 0 radical (unpaired) electrons. The Kier molecular flexibility index (Phi) is 2.86. The van der Waals surface area contributed by atoms with Gasteiger partial charge in [0.1, 0.15) is 0 Å². The summed E-state index contributed by atoms with van der Waals surface area (Å²) in [5.74, 6) is 0. The first-order chi connectivity index (χ1) is 8.23. The molecule has 17 heavy (non-hydrogen) atoms. The number of aromatic nitrogens is 1. The minimum Gasteiger partial charge on any atom is -0.389 e. The molecule has 1 aromatic heterocycles. The summed E-state index contributed by atoms with van der Waals surface area (Å²) in [6, 6.07) is 6.43. The standard InChI is InChI=1S/C13H18N2O2/c16-13(5-10-3-1-2-4-14-10)6-11-8-17-9-12(7-13)15-11/h1-4,11-12,15-16H,5-9H2. The van der Waals surface area contributed by atoms with Crippen LogP contribution in [-0.2, 0) is 11.2 Å². The highest BCUT2D eigenvalue weighted by Gasteiger charge is 2.41. The number of pyridine rings is 1. The first-order valence-electron chi connectivity index (χ1n) is 6.20. The van der Waals surface area contributed by atoms with Crippen molar-refractivity contribution in [1.29, 1.82) is 0 Å². The van der Waals surface area contributed by atoms with Crippen LogP contribution in [0.1, 0.15) is 18.5 Å². The quantitative estimate of drug-likeness (QED) is 0.782. The molecule has 1 aromatic rings. The highest BCUT2D eigenvalue weighted by atomic mass is 16.5. The number of nitrogens with one attached hydrogen (secondary N) is 1. The van der Waals surface area contributed by atoms with Gasteiger partial charge in [0, 0.05) is 30.4 Å². The molecular weight excluding hydrogens is 216 g/mol. The van der Waals surface area contributed by atoms with Crippen LogP contribution in [0.4, 0.5) is 0 Å². The number of ether oxygens (including phenoxy) is 1. The fourth-order valence-electron chi connectivity index (χ4n) is 3.00. The lowest BCUT2D eigenvalue weighted by Crippen LogP contribution is -2.60. The van der Waals surface area contributed by atoms with Crippen LogP contribution in [0.3, 0.4) is 0 Å². The normalized spacial score (nSPS) is 36.8. The number of morpholine rings is 1. The van der Waals surface area contributed by atoms with E-state index in [0.717, 1.165) is 18.5 Å². The average molecular weight is 234 g/mol. The van der Waals surface area contributed by atoms with Crippen LogP contribution in [0, 0.1) is 0 Å². The van der Waals surface area contributed by atoms with Crippen LogP contribution >= 0.6 is 0 Å². The molecule has 0 aliphatic carbocycles. The van der Waals surface area contributed by atoms with Crippen molar-refractivity contribution in [2.24, 2.45) is 0 Å². The number of rotatable bonds is 2. The Morgan fingerprint density at radius 1 is 1.35 bits per heavy atom. The molecule has 2 aliphatic rings.